The van der Waals surface area contributed by atoms with Gasteiger partial charge in [0.05, 0.1) is 18.0 Å². The molecule has 0 aliphatic carbocycles. The fraction of sp³-hybridized carbons (Fsp3) is 0.207. The maximum atomic E-state index is 13.5. The number of imidazole rings is 1. The van der Waals surface area contributed by atoms with E-state index < -0.39 is 0 Å². The summed E-state index contributed by atoms with van der Waals surface area (Å²) in [6, 6.07) is 21.0. The molecule has 0 spiro atoms. The predicted octanol–water partition coefficient (Wildman–Crippen LogP) is 6.43. The van der Waals surface area contributed by atoms with Crippen LogP contribution in [0.25, 0.3) is 22.4 Å². The molecule has 34 heavy (non-hydrogen) atoms. The van der Waals surface area contributed by atoms with Gasteiger partial charge < -0.3 is 4.57 Å². The molecule has 0 N–H and O–H groups in total. The van der Waals surface area contributed by atoms with Crippen LogP contribution in [0.15, 0.2) is 79.3 Å². The molecule has 2 heterocycles. The molecular weight excluding hydrogens is 423 g/mol. The van der Waals surface area contributed by atoms with Crippen LogP contribution in [-0.2, 0) is 13.0 Å². The highest BCUT2D eigenvalue weighted by molar-refractivity contribution is 5.81. The Morgan fingerprint density at radius 2 is 1.71 bits per heavy atom. The van der Waals surface area contributed by atoms with E-state index >= 15 is 0 Å². The van der Waals surface area contributed by atoms with Gasteiger partial charge in [0.15, 0.2) is 5.82 Å². The number of aromatic nitrogens is 3. The molecular formula is C29H25FN4. The van der Waals surface area contributed by atoms with E-state index in [4.69, 9.17) is 5.26 Å². The number of nitriles is 1. The van der Waals surface area contributed by atoms with Gasteiger partial charge in [0.2, 0.25) is 0 Å². The molecule has 0 saturated heterocycles. The third kappa shape index (κ3) is 5.77. The van der Waals surface area contributed by atoms with Crippen LogP contribution in [0.3, 0.4) is 0 Å². The fourth-order valence-corrected chi connectivity index (χ4v) is 3.88. The lowest BCUT2D eigenvalue weighted by Crippen LogP contribution is -2.05. The molecule has 0 atom stereocenters. The van der Waals surface area contributed by atoms with Crippen molar-refractivity contribution in [2.45, 2.75) is 38.6 Å². The highest BCUT2D eigenvalue weighted by Crippen LogP contribution is 2.32. The Bertz CT molecular complexity index is 1320. The van der Waals surface area contributed by atoms with Gasteiger partial charge in [0.1, 0.15) is 5.82 Å². The molecule has 0 radical (unpaired) electrons. The Hall–Kier alpha value is -4.22. The summed E-state index contributed by atoms with van der Waals surface area (Å²) in [5.74, 6) is 6.81. The Kier molecular flexibility index (Phi) is 7.82. The van der Waals surface area contributed by atoms with E-state index in [1.165, 1.54) is 17.7 Å². The van der Waals surface area contributed by atoms with E-state index in [1.807, 2.05) is 18.3 Å². The first kappa shape index (κ1) is 23.0. The van der Waals surface area contributed by atoms with Crippen LogP contribution in [-0.4, -0.2) is 14.5 Å². The molecule has 4 nitrogen and oxygen atoms in total. The van der Waals surface area contributed by atoms with Crippen LogP contribution in [0.4, 0.5) is 4.39 Å². The summed E-state index contributed by atoms with van der Waals surface area (Å²) in [4.78, 5) is 8.94. The van der Waals surface area contributed by atoms with Crippen LogP contribution >= 0.6 is 0 Å². The monoisotopic (exact) mass is 448 g/mol. The average Bonchev–Trinajstić information content (AvgIpc) is 3.27. The Labute approximate surface area is 199 Å². The SMILES string of the molecule is N#CCCCC#Cc1ncc(-c2ccncc2-c2ccc(F)cc2)n1CCCc1ccccc1. The average molecular weight is 449 g/mol. The highest BCUT2D eigenvalue weighted by atomic mass is 19.1. The number of hydrogen-bond donors (Lipinski definition) is 0. The zero-order chi connectivity index (χ0) is 23.6. The minimum atomic E-state index is -0.269. The lowest BCUT2D eigenvalue weighted by Gasteiger charge is -2.13. The number of aryl methyl sites for hydroxylation is 1. The van der Waals surface area contributed by atoms with Crippen molar-refractivity contribution in [2.75, 3.05) is 0 Å². The molecule has 4 aromatic rings. The summed E-state index contributed by atoms with van der Waals surface area (Å²) >= 11 is 0. The number of pyridine rings is 1. The molecule has 168 valence electrons. The fourth-order valence-electron chi connectivity index (χ4n) is 3.88. The van der Waals surface area contributed by atoms with Crippen LogP contribution in [0.5, 0.6) is 0 Å². The third-order valence-corrected chi connectivity index (χ3v) is 5.59. The molecule has 2 aromatic heterocycles. The van der Waals surface area contributed by atoms with Crippen molar-refractivity contribution < 1.29 is 4.39 Å². The zero-order valence-corrected chi connectivity index (χ0v) is 18.9. The number of benzene rings is 2. The van der Waals surface area contributed by atoms with E-state index in [9.17, 15) is 4.39 Å². The van der Waals surface area contributed by atoms with Gasteiger partial charge in [0.25, 0.3) is 0 Å². The van der Waals surface area contributed by atoms with Gasteiger partial charge in [-0.05, 0) is 54.5 Å². The van der Waals surface area contributed by atoms with E-state index in [0.717, 1.165) is 48.2 Å². The van der Waals surface area contributed by atoms with Crippen LogP contribution in [0.1, 0.15) is 37.1 Å². The minimum absolute atomic E-state index is 0.269. The molecule has 0 bridgehead atoms. The molecule has 0 saturated carbocycles. The Morgan fingerprint density at radius 1 is 0.882 bits per heavy atom. The maximum absolute atomic E-state index is 13.5. The number of rotatable bonds is 8. The smallest absolute Gasteiger partial charge is 0.185 e. The Morgan fingerprint density at radius 3 is 2.50 bits per heavy atom. The molecule has 0 fully saturated rings. The van der Waals surface area contributed by atoms with Gasteiger partial charge in [0, 0.05) is 42.9 Å². The number of hydrogen-bond acceptors (Lipinski definition) is 3. The summed E-state index contributed by atoms with van der Waals surface area (Å²) < 4.78 is 15.7. The van der Waals surface area contributed by atoms with Gasteiger partial charge >= 0.3 is 0 Å². The lowest BCUT2D eigenvalue weighted by atomic mass is 10.00. The van der Waals surface area contributed by atoms with Gasteiger partial charge in [-0.2, -0.15) is 5.26 Å². The third-order valence-electron chi connectivity index (χ3n) is 5.59. The first-order chi connectivity index (χ1) is 16.8. The summed E-state index contributed by atoms with van der Waals surface area (Å²) in [7, 11) is 0. The van der Waals surface area contributed by atoms with Crippen LogP contribution < -0.4 is 0 Å². The number of unbranched alkanes of at least 4 members (excludes halogenated alkanes) is 2. The molecule has 2 aromatic carbocycles. The summed E-state index contributed by atoms with van der Waals surface area (Å²) in [6.07, 6.45) is 9.23. The van der Waals surface area contributed by atoms with Crippen molar-refractivity contribution in [3.63, 3.8) is 0 Å². The quantitative estimate of drug-likeness (QED) is 0.231. The van der Waals surface area contributed by atoms with E-state index in [0.29, 0.717) is 18.7 Å². The van der Waals surface area contributed by atoms with Crippen LogP contribution in [0.2, 0.25) is 0 Å². The van der Waals surface area contributed by atoms with Crippen molar-refractivity contribution in [3.8, 4) is 40.3 Å². The molecule has 4 rings (SSSR count). The summed E-state index contributed by atoms with van der Waals surface area (Å²) in [5.41, 5.74) is 5.04. The van der Waals surface area contributed by atoms with E-state index in [-0.39, 0.29) is 5.82 Å². The lowest BCUT2D eigenvalue weighted by molar-refractivity contribution is 0.628. The van der Waals surface area contributed by atoms with Gasteiger partial charge in [-0.1, -0.05) is 48.4 Å². The highest BCUT2D eigenvalue weighted by Gasteiger charge is 2.15. The second-order valence-corrected chi connectivity index (χ2v) is 7.95. The Balaban J connectivity index is 1.67. The van der Waals surface area contributed by atoms with Crippen molar-refractivity contribution >= 4 is 0 Å². The standard InChI is InChI=1S/C29H25FN4/c30-25-15-13-24(14-16-25)27-21-32-19-17-26(27)28-22-33-29(12-6-1-2-7-18-31)34(28)20-8-11-23-9-4-3-5-10-23/h3-5,9-10,13-17,19,21-22H,1-2,7-8,11,20H2. The molecule has 0 unspecified atom stereocenters. The zero-order valence-electron chi connectivity index (χ0n) is 18.9. The van der Waals surface area contributed by atoms with Crippen molar-refractivity contribution in [3.05, 3.63) is 96.5 Å². The number of nitrogens with zero attached hydrogens (tertiary/aromatic N) is 4. The van der Waals surface area contributed by atoms with E-state index in [2.05, 4.69) is 56.7 Å². The van der Waals surface area contributed by atoms with Gasteiger partial charge in [-0.25, -0.2) is 9.37 Å². The topological polar surface area (TPSA) is 54.5 Å². The van der Waals surface area contributed by atoms with Gasteiger partial charge in [-0.3, -0.25) is 4.98 Å². The normalized spacial score (nSPS) is 10.4. The first-order valence-electron chi connectivity index (χ1n) is 11.4. The first-order valence-corrected chi connectivity index (χ1v) is 11.4. The largest absolute Gasteiger partial charge is 0.317 e. The molecule has 0 aliphatic rings. The predicted molar refractivity (Wildman–Crippen MR) is 132 cm³/mol. The molecule has 0 aliphatic heterocycles. The van der Waals surface area contributed by atoms with Crippen LogP contribution in [0, 0.1) is 29.0 Å². The maximum Gasteiger partial charge on any atom is 0.185 e. The molecule has 0 amide bonds. The van der Waals surface area contributed by atoms with Gasteiger partial charge in [-0.15, -0.1) is 0 Å². The summed E-state index contributed by atoms with van der Waals surface area (Å²) in [6.45, 7) is 0.762. The van der Waals surface area contributed by atoms with Crippen molar-refractivity contribution in [2.24, 2.45) is 0 Å². The second kappa shape index (κ2) is 11.6. The van der Waals surface area contributed by atoms with Crippen molar-refractivity contribution in [1.82, 2.24) is 14.5 Å². The van der Waals surface area contributed by atoms with Crippen molar-refractivity contribution in [1.29, 1.82) is 5.26 Å². The summed E-state index contributed by atoms with van der Waals surface area (Å²) in [5, 5.41) is 8.74. The number of halogens is 1. The second-order valence-electron chi connectivity index (χ2n) is 7.95. The minimum Gasteiger partial charge on any atom is -0.317 e. The molecule has 5 heteroatoms. The van der Waals surface area contributed by atoms with E-state index in [1.54, 1.807) is 24.5 Å².